The number of hydrogen-bond acceptors (Lipinski definition) is 4. The third-order valence-corrected chi connectivity index (χ3v) is 2.69. The summed E-state index contributed by atoms with van der Waals surface area (Å²) in [6.45, 7) is 1.10. The molecule has 0 spiro atoms. The number of carboxylic acids is 1. The summed E-state index contributed by atoms with van der Waals surface area (Å²) in [7, 11) is 1.60. The molecular weight excluding hydrogens is 248 g/mol. The number of imidazole rings is 1. The number of carboxylic acid groups (broad SMARTS) is 1. The highest BCUT2D eigenvalue weighted by atomic mass is 16.5. The van der Waals surface area contributed by atoms with Gasteiger partial charge in [0.1, 0.15) is 19.0 Å². The van der Waals surface area contributed by atoms with Crippen LogP contribution in [-0.4, -0.2) is 41.0 Å². The Labute approximate surface area is 110 Å². The van der Waals surface area contributed by atoms with Crippen molar-refractivity contribution < 1.29 is 19.4 Å². The molecule has 6 nitrogen and oxygen atoms in total. The number of carbonyl (C=O) groups is 1. The van der Waals surface area contributed by atoms with Gasteiger partial charge in [0.2, 0.25) is 0 Å². The molecule has 2 aromatic rings. The topological polar surface area (TPSA) is 73.6 Å². The van der Waals surface area contributed by atoms with Crippen molar-refractivity contribution in [1.29, 1.82) is 0 Å². The Morgan fingerprint density at radius 2 is 2.16 bits per heavy atom. The first-order chi connectivity index (χ1) is 9.22. The molecule has 1 N–H and O–H groups in total. The van der Waals surface area contributed by atoms with Crippen LogP contribution in [0.4, 0.5) is 0 Å². The van der Waals surface area contributed by atoms with Gasteiger partial charge >= 0.3 is 5.97 Å². The summed E-state index contributed by atoms with van der Waals surface area (Å²) in [4.78, 5) is 15.3. The molecule has 1 aromatic heterocycles. The van der Waals surface area contributed by atoms with Gasteiger partial charge in [-0.25, -0.2) is 4.98 Å². The van der Waals surface area contributed by atoms with Crippen molar-refractivity contribution in [2.75, 3.05) is 20.3 Å². The van der Waals surface area contributed by atoms with E-state index in [0.29, 0.717) is 19.0 Å². The van der Waals surface area contributed by atoms with Gasteiger partial charge in [-0.1, -0.05) is 12.1 Å². The van der Waals surface area contributed by atoms with Crippen LogP contribution in [0.5, 0.6) is 0 Å². The lowest BCUT2D eigenvalue weighted by Gasteiger charge is -2.07. The number of hydrogen-bond donors (Lipinski definition) is 1. The van der Waals surface area contributed by atoms with E-state index in [1.807, 2.05) is 24.3 Å². The number of aromatic nitrogens is 2. The van der Waals surface area contributed by atoms with Gasteiger partial charge in [-0.05, 0) is 12.1 Å². The highest BCUT2D eigenvalue weighted by Crippen LogP contribution is 2.16. The largest absolute Gasteiger partial charge is 0.480 e. The number of nitrogens with zero attached hydrogens (tertiary/aromatic N) is 2. The van der Waals surface area contributed by atoms with E-state index in [9.17, 15) is 4.79 Å². The molecule has 0 aliphatic carbocycles. The van der Waals surface area contributed by atoms with E-state index in [2.05, 4.69) is 4.98 Å². The molecule has 0 radical (unpaired) electrons. The molecule has 0 aliphatic heterocycles. The van der Waals surface area contributed by atoms with Gasteiger partial charge in [-0.15, -0.1) is 0 Å². The van der Waals surface area contributed by atoms with Gasteiger partial charge in [-0.3, -0.25) is 4.79 Å². The van der Waals surface area contributed by atoms with Gasteiger partial charge in [0.25, 0.3) is 0 Å². The molecule has 0 saturated heterocycles. The van der Waals surface area contributed by atoms with Crippen molar-refractivity contribution in [2.24, 2.45) is 0 Å². The fraction of sp³-hybridized carbons (Fsp3) is 0.385. The highest BCUT2D eigenvalue weighted by Gasteiger charge is 2.12. The second-order valence-corrected chi connectivity index (χ2v) is 4.04. The van der Waals surface area contributed by atoms with E-state index in [4.69, 9.17) is 14.6 Å². The van der Waals surface area contributed by atoms with Crippen LogP contribution < -0.4 is 0 Å². The molecule has 6 heteroatoms. The van der Waals surface area contributed by atoms with Crippen LogP contribution in [0.15, 0.2) is 24.3 Å². The maximum atomic E-state index is 10.9. The van der Waals surface area contributed by atoms with Crippen molar-refractivity contribution in [3.8, 4) is 0 Å². The first kappa shape index (κ1) is 13.5. The Morgan fingerprint density at radius 1 is 1.37 bits per heavy atom. The van der Waals surface area contributed by atoms with E-state index in [1.54, 1.807) is 11.7 Å². The SMILES string of the molecule is COCCOCc1nc2ccccc2n1CC(=O)O. The minimum Gasteiger partial charge on any atom is -0.480 e. The van der Waals surface area contributed by atoms with Crippen LogP contribution >= 0.6 is 0 Å². The van der Waals surface area contributed by atoms with Crippen molar-refractivity contribution in [1.82, 2.24) is 9.55 Å². The predicted molar refractivity (Wildman–Crippen MR) is 68.9 cm³/mol. The van der Waals surface area contributed by atoms with E-state index < -0.39 is 5.97 Å². The van der Waals surface area contributed by atoms with Crippen LogP contribution in [-0.2, 0) is 27.4 Å². The summed E-state index contributed by atoms with van der Waals surface area (Å²) in [5.74, 6) is -0.291. The van der Waals surface area contributed by atoms with Crippen LogP contribution in [0.1, 0.15) is 5.82 Å². The number of aliphatic carboxylic acids is 1. The average molecular weight is 264 g/mol. The van der Waals surface area contributed by atoms with Crippen molar-refractivity contribution in [2.45, 2.75) is 13.2 Å². The molecular formula is C13H16N2O4. The lowest BCUT2D eigenvalue weighted by molar-refractivity contribution is -0.137. The second kappa shape index (κ2) is 6.31. The zero-order valence-corrected chi connectivity index (χ0v) is 10.7. The van der Waals surface area contributed by atoms with Gasteiger partial charge in [0.15, 0.2) is 0 Å². The fourth-order valence-electron chi connectivity index (χ4n) is 1.85. The molecule has 102 valence electrons. The maximum Gasteiger partial charge on any atom is 0.323 e. The molecule has 0 bridgehead atoms. The summed E-state index contributed by atoms with van der Waals surface area (Å²) in [5.41, 5.74) is 1.57. The number of rotatable bonds is 7. The summed E-state index contributed by atoms with van der Waals surface area (Å²) in [6.07, 6.45) is 0. The Morgan fingerprint density at radius 3 is 2.89 bits per heavy atom. The Kier molecular flexibility index (Phi) is 4.48. The van der Waals surface area contributed by atoms with Gasteiger partial charge in [0, 0.05) is 7.11 Å². The zero-order chi connectivity index (χ0) is 13.7. The van der Waals surface area contributed by atoms with Gasteiger partial charge in [-0.2, -0.15) is 0 Å². The number of fused-ring (bicyclic) bond motifs is 1. The molecule has 19 heavy (non-hydrogen) atoms. The summed E-state index contributed by atoms with van der Waals surface area (Å²) in [5, 5.41) is 8.97. The average Bonchev–Trinajstić information content (AvgIpc) is 2.73. The summed E-state index contributed by atoms with van der Waals surface area (Å²) in [6, 6.07) is 7.43. The standard InChI is InChI=1S/C13H16N2O4/c1-18-6-7-19-9-12-14-10-4-2-3-5-11(10)15(12)8-13(16)17/h2-5H,6-9H2,1H3,(H,16,17). The molecule has 2 rings (SSSR count). The van der Waals surface area contributed by atoms with E-state index in [0.717, 1.165) is 11.0 Å². The number of benzene rings is 1. The second-order valence-electron chi connectivity index (χ2n) is 4.04. The number of methoxy groups -OCH3 is 1. The molecule has 0 unspecified atom stereocenters. The normalized spacial score (nSPS) is 11.0. The highest BCUT2D eigenvalue weighted by molar-refractivity contribution is 5.78. The van der Waals surface area contributed by atoms with Crippen molar-refractivity contribution >= 4 is 17.0 Å². The minimum atomic E-state index is -0.902. The van der Waals surface area contributed by atoms with Crippen molar-refractivity contribution in [3.63, 3.8) is 0 Å². The predicted octanol–water partition coefficient (Wildman–Crippen LogP) is 1.28. The monoisotopic (exact) mass is 264 g/mol. The third kappa shape index (κ3) is 3.30. The van der Waals surface area contributed by atoms with E-state index >= 15 is 0 Å². The molecule has 1 heterocycles. The Balaban J connectivity index is 2.22. The lowest BCUT2D eigenvalue weighted by Crippen LogP contribution is -2.13. The van der Waals surface area contributed by atoms with Crippen LogP contribution in [0.3, 0.4) is 0 Å². The Hall–Kier alpha value is -1.92. The minimum absolute atomic E-state index is 0.122. The molecule has 0 aliphatic rings. The fourth-order valence-corrected chi connectivity index (χ4v) is 1.85. The number of ether oxygens (including phenoxy) is 2. The van der Waals surface area contributed by atoms with Crippen LogP contribution in [0.25, 0.3) is 11.0 Å². The van der Waals surface area contributed by atoms with E-state index in [1.165, 1.54) is 0 Å². The van der Waals surface area contributed by atoms with Crippen LogP contribution in [0.2, 0.25) is 0 Å². The smallest absolute Gasteiger partial charge is 0.323 e. The van der Waals surface area contributed by atoms with Gasteiger partial charge in [0.05, 0.1) is 24.2 Å². The van der Waals surface area contributed by atoms with Crippen LogP contribution in [0, 0.1) is 0 Å². The Bertz CT molecular complexity index is 565. The van der Waals surface area contributed by atoms with Gasteiger partial charge < -0.3 is 19.1 Å². The maximum absolute atomic E-state index is 10.9. The molecule has 0 amide bonds. The quantitative estimate of drug-likeness (QED) is 0.763. The zero-order valence-electron chi connectivity index (χ0n) is 10.7. The summed E-state index contributed by atoms with van der Waals surface area (Å²) >= 11 is 0. The molecule has 0 atom stereocenters. The first-order valence-electron chi connectivity index (χ1n) is 5.95. The molecule has 0 fully saturated rings. The summed E-state index contributed by atoms with van der Waals surface area (Å²) < 4.78 is 12.0. The first-order valence-corrected chi connectivity index (χ1v) is 5.95. The lowest BCUT2D eigenvalue weighted by atomic mass is 10.3. The van der Waals surface area contributed by atoms with Crippen molar-refractivity contribution in [3.05, 3.63) is 30.1 Å². The molecule has 0 saturated carbocycles. The molecule has 1 aromatic carbocycles. The number of para-hydroxylation sites is 2. The van der Waals surface area contributed by atoms with E-state index in [-0.39, 0.29) is 13.2 Å². The third-order valence-electron chi connectivity index (χ3n) is 2.69.